The smallest absolute Gasteiger partial charge is 0.410 e. The summed E-state index contributed by atoms with van der Waals surface area (Å²) in [4.78, 5) is 15.6. The fourth-order valence-corrected chi connectivity index (χ4v) is 2.37. The van der Waals surface area contributed by atoms with Gasteiger partial charge in [0, 0.05) is 36.2 Å². The molecule has 0 aliphatic heterocycles. The number of carbonyl (C=O) groups is 1. The van der Waals surface area contributed by atoms with Gasteiger partial charge >= 0.3 is 6.09 Å². The van der Waals surface area contributed by atoms with Gasteiger partial charge in [0.25, 0.3) is 0 Å². The minimum atomic E-state index is -0.471. The Labute approximate surface area is 146 Å². The second kappa shape index (κ2) is 8.18. The van der Waals surface area contributed by atoms with Gasteiger partial charge in [-0.3, -0.25) is 0 Å². The molecule has 0 radical (unpaired) electrons. The van der Waals surface area contributed by atoms with Crippen molar-refractivity contribution in [1.82, 2.24) is 9.80 Å². The van der Waals surface area contributed by atoms with Crippen LogP contribution in [0.2, 0.25) is 5.02 Å². The topological polar surface area (TPSA) is 32.8 Å². The molecule has 1 aromatic carbocycles. The fraction of sp³-hybridized carbons (Fsp3) is 0.562. The molecule has 22 heavy (non-hydrogen) atoms. The highest BCUT2D eigenvalue weighted by atomic mass is 79.9. The van der Waals surface area contributed by atoms with E-state index in [0.29, 0.717) is 6.54 Å². The molecule has 0 aromatic heterocycles. The van der Waals surface area contributed by atoms with Crippen LogP contribution in [0.1, 0.15) is 26.3 Å². The van der Waals surface area contributed by atoms with Crippen molar-refractivity contribution in [2.75, 3.05) is 27.2 Å². The van der Waals surface area contributed by atoms with E-state index in [2.05, 4.69) is 20.8 Å². The number of carbonyl (C=O) groups excluding carboxylic acids is 1. The van der Waals surface area contributed by atoms with E-state index in [0.717, 1.165) is 28.1 Å². The van der Waals surface area contributed by atoms with Gasteiger partial charge in [-0.15, -0.1) is 0 Å². The number of ether oxygens (including phenoxy) is 1. The van der Waals surface area contributed by atoms with Crippen molar-refractivity contribution in [2.24, 2.45) is 0 Å². The van der Waals surface area contributed by atoms with Crippen LogP contribution in [0.4, 0.5) is 4.79 Å². The molecule has 4 nitrogen and oxygen atoms in total. The zero-order valence-corrected chi connectivity index (χ0v) is 16.2. The van der Waals surface area contributed by atoms with Crippen LogP contribution in [0, 0.1) is 0 Å². The van der Waals surface area contributed by atoms with Crippen molar-refractivity contribution >= 4 is 33.6 Å². The molecule has 124 valence electrons. The number of hydrogen-bond acceptors (Lipinski definition) is 3. The Bertz CT molecular complexity index is 517. The molecule has 0 spiro atoms. The average molecular weight is 392 g/mol. The van der Waals surface area contributed by atoms with Gasteiger partial charge in [-0.1, -0.05) is 27.5 Å². The summed E-state index contributed by atoms with van der Waals surface area (Å²) < 4.78 is 6.33. The third kappa shape index (κ3) is 6.99. The molecule has 6 heteroatoms. The first kappa shape index (κ1) is 19.3. The first-order valence-corrected chi connectivity index (χ1v) is 8.32. The largest absolute Gasteiger partial charge is 0.444 e. The maximum absolute atomic E-state index is 11.9. The van der Waals surface area contributed by atoms with E-state index in [4.69, 9.17) is 16.3 Å². The third-order valence-electron chi connectivity index (χ3n) is 2.97. The van der Waals surface area contributed by atoms with Crippen LogP contribution in [0.15, 0.2) is 22.7 Å². The molecule has 0 fully saturated rings. The molecule has 0 aliphatic carbocycles. The van der Waals surface area contributed by atoms with E-state index in [1.165, 1.54) is 0 Å². The number of hydrogen-bond donors (Lipinski definition) is 0. The Morgan fingerprint density at radius 3 is 2.50 bits per heavy atom. The predicted octanol–water partition coefficient (Wildman–Crippen LogP) is 4.40. The fourth-order valence-electron chi connectivity index (χ4n) is 1.79. The van der Waals surface area contributed by atoms with Crippen LogP contribution in [0.5, 0.6) is 0 Å². The SMILES string of the molecule is CN(CCN(C)C(=O)OC(C)(C)C)Cc1cc(Br)ccc1Cl. The Morgan fingerprint density at radius 2 is 1.91 bits per heavy atom. The summed E-state index contributed by atoms with van der Waals surface area (Å²) in [5, 5.41) is 0.746. The number of amides is 1. The first-order valence-electron chi connectivity index (χ1n) is 7.15. The monoisotopic (exact) mass is 390 g/mol. The summed E-state index contributed by atoms with van der Waals surface area (Å²) >= 11 is 9.64. The number of likely N-dealkylation sites (N-methyl/N-ethyl adjacent to an activating group) is 2. The molecule has 0 bridgehead atoms. The van der Waals surface area contributed by atoms with Crippen molar-refractivity contribution in [1.29, 1.82) is 0 Å². The van der Waals surface area contributed by atoms with E-state index in [1.807, 2.05) is 46.0 Å². The molecule has 0 aliphatic rings. The number of benzene rings is 1. The first-order chi connectivity index (χ1) is 10.1. The standard InChI is InChI=1S/C16H24BrClN2O2/c1-16(2,3)22-15(21)20(5)9-8-19(4)11-12-10-13(17)6-7-14(12)18/h6-7,10H,8-9,11H2,1-5H3. The average Bonchev–Trinajstić information content (AvgIpc) is 2.38. The Hall–Kier alpha value is -0.780. The van der Waals surface area contributed by atoms with Gasteiger partial charge in [-0.25, -0.2) is 4.79 Å². The van der Waals surface area contributed by atoms with E-state index in [9.17, 15) is 4.79 Å². The summed E-state index contributed by atoms with van der Waals surface area (Å²) in [6, 6.07) is 5.81. The van der Waals surface area contributed by atoms with Crippen LogP contribution in [-0.4, -0.2) is 48.7 Å². The summed E-state index contributed by atoms with van der Waals surface area (Å²) in [6.07, 6.45) is -0.304. The molecular formula is C16H24BrClN2O2. The molecule has 0 saturated heterocycles. The lowest BCUT2D eigenvalue weighted by Gasteiger charge is -2.26. The van der Waals surface area contributed by atoms with Crippen LogP contribution in [0.3, 0.4) is 0 Å². The van der Waals surface area contributed by atoms with Crippen LogP contribution in [0.25, 0.3) is 0 Å². The molecule has 1 aromatic rings. The lowest BCUT2D eigenvalue weighted by Crippen LogP contribution is -2.38. The van der Waals surface area contributed by atoms with Crippen molar-refractivity contribution in [3.63, 3.8) is 0 Å². The minimum Gasteiger partial charge on any atom is -0.444 e. The summed E-state index contributed by atoms with van der Waals surface area (Å²) in [7, 11) is 3.74. The molecule has 1 rings (SSSR count). The van der Waals surface area contributed by atoms with E-state index >= 15 is 0 Å². The maximum atomic E-state index is 11.9. The predicted molar refractivity (Wildman–Crippen MR) is 94.4 cm³/mol. The summed E-state index contributed by atoms with van der Waals surface area (Å²) in [6.45, 7) is 7.64. The molecule has 1 amide bonds. The number of nitrogens with zero attached hydrogens (tertiary/aromatic N) is 2. The van der Waals surface area contributed by atoms with Gasteiger partial charge in [0.1, 0.15) is 5.60 Å². The van der Waals surface area contributed by atoms with Gasteiger partial charge in [0.05, 0.1) is 0 Å². The normalized spacial score (nSPS) is 11.6. The van der Waals surface area contributed by atoms with Crippen molar-refractivity contribution in [3.05, 3.63) is 33.3 Å². The van der Waals surface area contributed by atoms with Gasteiger partial charge in [0.2, 0.25) is 0 Å². The maximum Gasteiger partial charge on any atom is 0.410 e. The highest BCUT2D eigenvalue weighted by Gasteiger charge is 2.19. The van der Waals surface area contributed by atoms with Gasteiger partial charge in [-0.05, 0) is 51.6 Å². The molecule has 0 N–H and O–H groups in total. The number of rotatable bonds is 5. The summed E-state index contributed by atoms with van der Waals surface area (Å²) in [5.41, 5.74) is 0.583. The Balaban J connectivity index is 2.47. The molecular weight excluding hydrogens is 368 g/mol. The van der Waals surface area contributed by atoms with Crippen molar-refractivity contribution < 1.29 is 9.53 Å². The van der Waals surface area contributed by atoms with Gasteiger partial charge in [-0.2, -0.15) is 0 Å². The van der Waals surface area contributed by atoms with Gasteiger partial charge in [0.15, 0.2) is 0 Å². The quantitative estimate of drug-likeness (QED) is 0.745. The molecule has 0 saturated carbocycles. The van der Waals surface area contributed by atoms with Gasteiger partial charge < -0.3 is 14.5 Å². The summed E-state index contributed by atoms with van der Waals surface area (Å²) in [5.74, 6) is 0. The van der Waals surface area contributed by atoms with E-state index in [1.54, 1.807) is 11.9 Å². The van der Waals surface area contributed by atoms with Crippen molar-refractivity contribution in [2.45, 2.75) is 32.9 Å². The Kier molecular flexibility index (Phi) is 7.16. The Morgan fingerprint density at radius 1 is 1.27 bits per heavy atom. The van der Waals surface area contributed by atoms with Crippen LogP contribution < -0.4 is 0 Å². The highest BCUT2D eigenvalue weighted by Crippen LogP contribution is 2.22. The van der Waals surface area contributed by atoms with Crippen LogP contribution >= 0.6 is 27.5 Å². The van der Waals surface area contributed by atoms with Crippen LogP contribution in [-0.2, 0) is 11.3 Å². The lowest BCUT2D eigenvalue weighted by molar-refractivity contribution is 0.0286. The molecule has 0 heterocycles. The molecule has 0 unspecified atom stereocenters. The third-order valence-corrected chi connectivity index (χ3v) is 3.83. The molecule has 0 atom stereocenters. The lowest BCUT2D eigenvalue weighted by atomic mass is 10.2. The highest BCUT2D eigenvalue weighted by molar-refractivity contribution is 9.10. The second-order valence-corrected chi connectivity index (χ2v) is 7.70. The second-order valence-electron chi connectivity index (χ2n) is 6.38. The zero-order valence-electron chi connectivity index (χ0n) is 13.8. The zero-order chi connectivity index (χ0) is 16.9. The number of halogens is 2. The van der Waals surface area contributed by atoms with E-state index < -0.39 is 5.60 Å². The minimum absolute atomic E-state index is 0.304. The van der Waals surface area contributed by atoms with E-state index in [-0.39, 0.29) is 6.09 Å². The van der Waals surface area contributed by atoms with Crippen molar-refractivity contribution in [3.8, 4) is 0 Å².